The van der Waals surface area contributed by atoms with Gasteiger partial charge < -0.3 is 9.47 Å². The monoisotopic (exact) mass is 254 g/mol. The molecule has 0 bridgehead atoms. The van der Waals surface area contributed by atoms with Crippen molar-refractivity contribution in [1.29, 1.82) is 0 Å². The van der Waals surface area contributed by atoms with Gasteiger partial charge in [0, 0.05) is 27.2 Å². The molecule has 0 heterocycles. The fourth-order valence-electron chi connectivity index (χ4n) is 0.992. The lowest BCUT2D eigenvalue weighted by Gasteiger charge is -2.20. The van der Waals surface area contributed by atoms with E-state index in [9.17, 15) is 13.2 Å². The molecule has 1 N–H and O–H groups in total. The molecule has 0 aromatic carbocycles. The van der Waals surface area contributed by atoms with E-state index in [4.69, 9.17) is 4.74 Å². The molecule has 16 heavy (non-hydrogen) atoms. The zero-order chi connectivity index (χ0) is 12.6. The molecule has 0 aliphatic rings. The minimum Gasteiger partial charge on any atom is -0.469 e. The van der Waals surface area contributed by atoms with Crippen LogP contribution in [0.5, 0.6) is 0 Å². The van der Waals surface area contributed by atoms with E-state index in [2.05, 4.69) is 9.46 Å². The first-order valence-corrected chi connectivity index (χ1v) is 6.16. The standard InChI is InChI=1S/C8H18N2O5S/c1-9-16(12,13)10(6-7-14-2)5-4-8(11)15-3/h9H,4-7H2,1-3H3. The summed E-state index contributed by atoms with van der Waals surface area (Å²) in [6, 6.07) is 0. The summed E-state index contributed by atoms with van der Waals surface area (Å²) in [5.74, 6) is -0.450. The topological polar surface area (TPSA) is 84.9 Å². The van der Waals surface area contributed by atoms with Gasteiger partial charge in [-0.25, -0.2) is 4.72 Å². The van der Waals surface area contributed by atoms with E-state index in [-0.39, 0.29) is 26.1 Å². The lowest BCUT2D eigenvalue weighted by atomic mass is 10.4. The first-order valence-electron chi connectivity index (χ1n) is 4.72. The van der Waals surface area contributed by atoms with Crippen LogP contribution in [0.2, 0.25) is 0 Å². The van der Waals surface area contributed by atoms with E-state index in [1.165, 1.54) is 21.3 Å². The maximum Gasteiger partial charge on any atom is 0.306 e. The number of methoxy groups -OCH3 is 2. The summed E-state index contributed by atoms with van der Waals surface area (Å²) >= 11 is 0. The second-order valence-corrected chi connectivity index (χ2v) is 4.80. The first-order chi connectivity index (χ1) is 7.47. The molecule has 0 aromatic rings. The van der Waals surface area contributed by atoms with Crippen LogP contribution in [0.25, 0.3) is 0 Å². The smallest absolute Gasteiger partial charge is 0.306 e. The quantitative estimate of drug-likeness (QED) is 0.559. The minimum absolute atomic E-state index is 0.0150. The van der Waals surface area contributed by atoms with Crippen molar-refractivity contribution in [2.45, 2.75) is 6.42 Å². The molecule has 96 valence electrons. The summed E-state index contributed by atoms with van der Waals surface area (Å²) in [7, 11) is 0.507. The third-order valence-electron chi connectivity index (χ3n) is 1.94. The molecule has 0 amide bonds. The maximum absolute atomic E-state index is 11.5. The van der Waals surface area contributed by atoms with E-state index < -0.39 is 16.2 Å². The van der Waals surface area contributed by atoms with Crippen LogP contribution in [-0.4, -0.2) is 59.7 Å². The predicted molar refractivity (Wildman–Crippen MR) is 58.1 cm³/mol. The highest BCUT2D eigenvalue weighted by atomic mass is 32.2. The van der Waals surface area contributed by atoms with Crippen molar-refractivity contribution < 1.29 is 22.7 Å². The van der Waals surface area contributed by atoms with Crippen LogP contribution in [0.1, 0.15) is 6.42 Å². The first kappa shape index (κ1) is 15.3. The molecule has 0 aliphatic carbocycles. The Hall–Kier alpha value is -0.700. The Balaban J connectivity index is 4.38. The van der Waals surface area contributed by atoms with Crippen molar-refractivity contribution >= 4 is 16.2 Å². The van der Waals surface area contributed by atoms with Gasteiger partial charge in [0.05, 0.1) is 20.1 Å². The summed E-state index contributed by atoms with van der Waals surface area (Å²) in [6.45, 7) is 0.526. The molecule has 0 unspecified atom stereocenters. The summed E-state index contributed by atoms with van der Waals surface area (Å²) in [5.41, 5.74) is 0. The Morgan fingerprint density at radius 2 is 1.94 bits per heavy atom. The highest BCUT2D eigenvalue weighted by Gasteiger charge is 2.20. The van der Waals surface area contributed by atoms with Crippen molar-refractivity contribution in [3.05, 3.63) is 0 Å². The number of hydrogen-bond donors (Lipinski definition) is 1. The summed E-state index contributed by atoms with van der Waals surface area (Å²) in [6.07, 6.45) is 0.0150. The fraction of sp³-hybridized carbons (Fsp3) is 0.875. The van der Waals surface area contributed by atoms with Crippen LogP contribution < -0.4 is 4.72 Å². The highest BCUT2D eigenvalue weighted by Crippen LogP contribution is 2.00. The number of nitrogens with one attached hydrogen (secondary N) is 1. The Labute approximate surface area is 95.9 Å². The Bertz CT molecular complexity index is 304. The molecule has 0 fully saturated rings. The van der Waals surface area contributed by atoms with Crippen molar-refractivity contribution in [2.24, 2.45) is 0 Å². The second-order valence-electron chi connectivity index (χ2n) is 2.93. The fourth-order valence-corrected chi connectivity index (χ4v) is 1.90. The molecule has 0 aromatic heterocycles. The largest absolute Gasteiger partial charge is 0.469 e. The number of ether oxygens (including phenoxy) is 2. The van der Waals surface area contributed by atoms with Gasteiger partial charge in [-0.3, -0.25) is 4.79 Å². The number of carbonyl (C=O) groups is 1. The lowest BCUT2D eigenvalue weighted by molar-refractivity contribution is -0.140. The molecular weight excluding hydrogens is 236 g/mol. The zero-order valence-corrected chi connectivity index (χ0v) is 10.5. The van der Waals surface area contributed by atoms with E-state index in [0.717, 1.165) is 4.31 Å². The van der Waals surface area contributed by atoms with Gasteiger partial charge in [-0.05, 0) is 0 Å². The lowest BCUT2D eigenvalue weighted by Crippen LogP contribution is -2.41. The Morgan fingerprint density at radius 1 is 1.31 bits per heavy atom. The maximum atomic E-state index is 11.5. The summed E-state index contributed by atoms with van der Waals surface area (Å²) < 4.78 is 35.6. The van der Waals surface area contributed by atoms with Crippen LogP contribution in [0, 0.1) is 0 Å². The molecule has 0 rings (SSSR count). The van der Waals surface area contributed by atoms with Gasteiger partial charge in [0.2, 0.25) is 0 Å². The molecule has 0 atom stereocenters. The van der Waals surface area contributed by atoms with Crippen LogP contribution in [0.3, 0.4) is 0 Å². The molecule has 0 spiro atoms. The number of nitrogens with zero attached hydrogens (tertiary/aromatic N) is 1. The molecule has 0 aliphatic heterocycles. The zero-order valence-electron chi connectivity index (χ0n) is 9.73. The molecule has 0 radical (unpaired) electrons. The van der Waals surface area contributed by atoms with E-state index >= 15 is 0 Å². The average molecular weight is 254 g/mol. The predicted octanol–water partition coefficient (Wildman–Crippen LogP) is -1.04. The number of rotatable bonds is 8. The number of hydrogen-bond acceptors (Lipinski definition) is 5. The van der Waals surface area contributed by atoms with Crippen molar-refractivity contribution in [1.82, 2.24) is 9.03 Å². The number of carbonyl (C=O) groups excluding carboxylic acids is 1. The van der Waals surface area contributed by atoms with Crippen LogP contribution in [0.4, 0.5) is 0 Å². The van der Waals surface area contributed by atoms with Crippen LogP contribution in [-0.2, 0) is 24.5 Å². The molecule has 8 heteroatoms. The van der Waals surface area contributed by atoms with E-state index in [1.54, 1.807) is 0 Å². The molecular formula is C8H18N2O5S. The molecule has 0 saturated heterocycles. The van der Waals surface area contributed by atoms with Crippen molar-refractivity contribution in [3.63, 3.8) is 0 Å². The van der Waals surface area contributed by atoms with Gasteiger partial charge in [0.15, 0.2) is 0 Å². The van der Waals surface area contributed by atoms with Gasteiger partial charge in [0.25, 0.3) is 10.2 Å². The Kier molecular flexibility index (Phi) is 7.22. The van der Waals surface area contributed by atoms with Gasteiger partial charge in [-0.1, -0.05) is 0 Å². The Morgan fingerprint density at radius 3 is 2.38 bits per heavy atom. The summed E-state index contributed by atoms with van der Waals surface area (Å²) in [4.78, 5) is 10.9. The number of esters is 1. The molecule has 7 nitrogen and oxygen atoms in total. The van der Waals surface area contributed by atoms with Gasteiger partial charge in [-0.15, -0.1) is 0 Å². The van der Waals surface area contributed by atoms with Crippen molar-refractivity contribution in [3.8, 4) is 0 Å². The molecule has 0 saturated carbocycles. The third-order valence-corrected chi connectivity index (χ3v) is 3.50. The van der Waals surface area contributed by atoms with Gasteiger partial charge in [-0.2, -0.15) is 12.7 Å². The highest BCUT2D eigenvalue weighted by molar-refractivity contribution is 7.87. The van der Waals surface area contributed by atoms with Gasteiger partial charge in [0.1, 0.15) is 0 Å². The van der Waals surface area contributed by atoms with Crippen molar-refractivity contribution in [2.75, 3.05) is 41.0 Å². The van der Waals surface area contributed by atoms with E-state index in [0.29, 0.717) is 0 Å². The normalized spacial score (nSPS) is 11.8. The summed E-state index contributed by atoms with van der Waals surface area (Å²) in [5, 5.41) is 0. The van der Waals surface area contributed by atoms with E-state index in [1.807, 2.05) is 0 Å². The minimum atomic E-state index is -3.54. The van der Waals surface area contributed by atoms with Gasteiger partial charge >= 0.3 is 5.97 Å². The third kappa shape index (κ3) is 5.40. The van der Waals surface area contributed by atoms with Crippen LogP contribution >= 0.6 is 0 Å². The second kappa shape index (κ2) is 7.55. The van der Waals surface area contributed by atoms with Crippen LogP contribution in [0.15, 0.2) is 0 Å². The average Bonchev–Trinajstić information content (AvgIpc) is 2.28. The SMILES string of the molecule is CNS(=O)(=O)N(CCOC)CCC(=O)OC.